The molecular weight excluding hydrogens is 272 g/mol. The molecule has 9 nitrogen and oxygen atoms in total. The van der Waals surface area contributed by atoms with Gasteiger partial charge in [0.05, 0.1) is 0 Å². The summed E-state index contributed by atoms with van der Waals surface area (Å²) in [6.07, 6.45) is -5.50. The predicted octanol–water partition coefficient (Wildman–Crippen LogP) is -1.93. The normalized spacial score (nSPS) is 4.50. The predicted molar refractivity (Wildman–Crippen MR) is 60.6 cm³/mol. The fraction of sp³-hybridized carbons (Fsp3) is 0. The van der Waals surface area contributed by atoms with Gasteiger partial charge in [-0.1, -0.05) is 0 Å². The molecule has 0 aromatic carbocycles. The number of rotatable bonds is 0. The summed E-state index contributed by atoms with van der Waals surface area (Å²) in [5.74, 6) is 0. The summed E-state index contributed by atoms with van der Waals surface area (Å²) in [6.45, 7) is 0. The van der Waals surface area contributed by atoms with Crippen molar-refractivity contribution in [2.75, 3.05) is 0 Å². The van der Waals surface area contributed by atoms with Crippen LogP contribution < -0.4 is 0 Å². The summed E-state index contributed by atoms with van der Waals surface area (Å²) in [5, 5.41) is 41.8. The topological polar surface area (TPSA) is 173 Å². The van der Waals surface area contributed by atoms with Crippen LogP contribution in [0.5, 0.6) is 0 Å². The molecule has 0 atom stereocenters. The van der Waals surface area contributed by atoms with Crippen molar-refractivity contribution in [3.63, 3.8) is 0 Å². The van der Waals surface area contributed by atoms with Crippen molar-refractivity contribution in [3.8, 4) is 0 Å². The zero-order valence-electron chi connectivity index (χ0n) is 5.41. The average Bonchev–Trinajstić information content (AvgIpc) is 1.54. The van der Waals surface area contributed by atoms with Gasteiger partial charge in [0.1, 0.15) is 0 Å². The van der Waals surface area contributed by atoms with E-state index in [-0.39, 0.29) is 118 Å². The molecule has 0 radical (unpaired) electrons. The van der Waals surface area contributed by atoms with E-state index in [0.717, 1.165) is 0 Å². The summed E-state index contributed by atoms with van der Waals surface area (Å²) in [6, 6.07) is 0. The number of carboxylic acid groups (broad SMARTS) is 6. The summed E-state index contributed by atoms with van der Waals surface area (Å²) in [7, 11) is 0. The molecule has 13 heteroatoms. The van der Waals surface area contributed by atoms with Crippen molar-refractivity contribution >= 4 is 137 Å². The molecule has 0 amide bonds. The van der Waals surface area contributed by atoms with Crippen LogP contribution in [-0.2, 0) is 0 Å². The van der Waals surface area contributed by atoms with Crippen LogP contribution in [0.2, 0.25) is 0 Å². The molecule has 0 bridgehead atoms. The zero-order valence-corrected chi connectivity index (χ0v) is 5.41. The van der Waals surface area contributed by atoms with Gasteiger partial charge in [-0.25, -0.2) is 14.4 Å². The number of carbonyl (C=O) groups is 3. The monoisotopic (exact) mass is 282 g/mol. The third-order valence-electron chi connectivity index (χ3n) is 0. The molecule has 0 aliphatic carbocycles. The van der Waals surface area contributed by atoms with Gasteiger partial charge in [-0.05, 0) is 0 Å². The SMILES string of the molecule is O=C(O)O.O=C(O)O.O=C(O)O.[NaH].[NaH].[NaH].[NaH]. The fourth-order valence-corrected chi connectivity index (χ4v) is 0. The van der Waals surface area contributed by atoms with Crippen molar-refractivity contribution < 1.29 is 45.0 Å². The first-order chi connectivity index (χ1) is 5.20. The van der Waals surface area contributed by atoms with Crippen LogP contribution in [0.15, 0.2) is 0 Å². The van der Waals surface area contributed by atoms with E-state index in [1.165, 1.54) is 0 Å². The first kappa shape index (κ1) is 43.1. The molecule has 0 heterocycles. The Morgan fingerprint density at radius 1 is 0.438 bits per heavy atom. The van der Waals surface area contributed by atoms with E-state index < -0.39 is 18.5 Å². The van der Waals surface area contributed by atoms with Gasteiger partial charge in [-0.3, -0.25) is 0 Å². The zero-order chi connectivity index (χ0) is 10.7. The fourth-order valence-electron chi connectivity index (χ4n) is 0. The molecule has 0 unspecified atom stereocenters. The van der Waals surface area contributed by atoms with E-state index in [9.17, 15) is 0 Å². The first-order valence-corrected chi connectivity index (χ1v) is 1.95. The Balaban J connectivity index is -0.0000000135. The molecule has 0 aromatic heterocycles. The van der Waals surface area contributed by atoms with Gasteiger partial charge in [0.15, 0.2) is 0 Å². The average molecular weight is 282 g/mol. The van der Waals surface area contributed by atoms with E-state index in [0.29, 0.717) is 0 Å². The van der Waals surface area contributed by atoms with Crippen LogP contribution in [0, 0.1) is 0 Å². The van der Waals surface area contributed by atoms with Crippen molar-refractivity contribution in [1.82, 2.24) is 0 Å². The van der Waals surface area contributed by atoms with Crippen molar-refractivity contribution in [2.24, 2.45) is 0 Å². The minimum atomic E-state index is -1.83. The van der Waals surface area contributed by atoms with Crippen molar-refractivity contribution in [3.05, 3.63) is 0 Å². The van der Waals surface area contributed by atoms with Gasteiger partial charge in [-0.2, -0.15) is 0 Å². The van der Waals surface area contributed by atoms with Crippen molar-refractivity contribution in [1.29, 1.82) is 0 Å². The maximum absolute atomic E-state index is 8.56. The van der Waals surface area contributed by atoms with E-state index >= 15 is 0 Å². The Hall–Kier alpha value is 1.81. The van der Waals surface area contributed by atoms with Crippen LogP contribution in [0.4, 0.5) is 14.4 Å². The molecule has 0 aromatic rings. The third kappa shape index (κ3) is 1060. The molecule has 0 saturated carbocycles. The second-order valence-electron chi connectivity index (χ2n) is 0.848. The van der Waals surface area contributed by atoms with Crippen LogP contribution in [0.3, 0.4) is 0 Å². The Kier molecular flexibility index (Phi) is 96.8. The Morgan fingerprint density at radius 2 is 0.438 bits per heavy atom. The standard InChI is InChI=1S/3CH2O3.4Na.4H/c3*2-1(3)4;;;;;;;;/h3*(H2,2,3,4);;;;;;;;. The van der Waals surface area contributed by atoms with Crippen LogP contribution in [-0.4, -0.2) is 167 Å². The molecule has 0 spiro atoms. The summed E-state index contributed by atoms with van der Waals surface area (Å²) >= 11 is 0. The van der Waals surface area contributed by atoms with E-state index in [1.54, 1.807) is 0 Å². The Labute approximate surface area is 178 Å². The third-order valence-corrected chi connectivity index (χ3v) is 0. The molecule has 0 saturated heterocycles. The van der Waals surface area contributed by atoms with E-state index in [1.807, 2.05) is 0 Å². The van der Waals surface area contributed by atoms with Gasteiger partial charge < -0.3 is 30.6 Å². The second kappa shape index (κ2) is 36.0. The van der Waals surface area contributed by atoms with Gasteiger partial charge in [0, 0.05) is 0 Å². The Morgan fingerprint density at radius 3 is 0.438 bits per heavy atom. The summed E-state index contributed by atoms with van der Waals surface area (Å²) < 4.78 is 0. The molecule has 16 heavy (non-hydrogen) atoms. The Bertz CT molecular complexity index is 120. The van der Waals surface area contributed by atoms with E-state index in [4.69, 9.17) is 45.0 Å². The van der Waals surface area contributed by atoms with Gasteiger partial charge in [0.25, 0.3) is 0 Å². The summed E-state index contributed by atoms with van der Waals surface area (Å²) in [5.41, 5.74) is 0. The molecule has 0 rings (SSSR count). The minimum absolute atomic E-state index is 0. The molecule has 6 N–H and O–H groups in total. The molecular formula is C3H10Na4O9. The second-order valence-corrected chi connectivity index (χ2v) is 0.848. The number of hydrogen-bond acceptors (Lipinski definition) is 3. The summed E-state index contributed by atoms with van der Waals surface area (Å²) in [4.78, 5) is 25.7. The van der Waals surface area contributed by atoms with E-state index in [2.05, 4.69) is 0 Å². The first-order valence-electron chi connectivity index (χ1n) is 1.95. The van der Waals surface area contributed by atoms with Crippen LogP contribution >= 0.6 is 0 Å². The van der Waals surface area contributed by atoms with Gasteiger partial charge >= 0.3 is 137 Å². The van der Waals surface area contributed by atoms with Crippen LogP contribution in [0.1, 0.15) is 0 Å². The number of hydrogen-bond donors (Lipinski definition) is 6. The molecule has 0 fully saturated rings. The maximum atomic E-state index is 8.56. The van der Waals surface area contributed by atoms with Gasteiger partial charge in [-0.15, -0.1) is 0 Å². The molecule has 80 valence electrons. The van der Waals surface area contributed by atoms with Gasteiger partial charge in [0.2, 0.25) is 0 Å². The van der Waals surface area contributed by atoms with Crippen molar-refractivity contribution in [2.45, 2.75) is 0 Å². The molecule has 0 aliphatic heterocycles. The quantitative estimate of drug-likeness (QED) is 0.276. The van der Waals surface area contributed by atoms with Crippen LogP contribution in [0.25, 0.3) is 0 Å². The molecule has 0 aliphatic rings.